The van der Waals surface area contributed by atoms with Crippen molar-refractivity contribution < 1.29 is 71.7 Å². The molecule has 0 saturated heterocycles. The van der Waals surface area contributed by atoms with Gasteiger partial charge in [0.15, 0.2) is 0 Å². The molecule has 0 saturated carbocycles. The van der Waals surface area contributed by atoms with Gasteiger partial charge in [0.1, 0.15) is 38.3 Å². The Balaban J connectivity index is 0.00000137. The summed E-state index contributed by atoms with van der Waals surface area (Å²) in [5, 5.41) is 23.6. The molecule has 0 aromatic heterocycles. The second-order valence-electron chi connectivity index (χ2n) is 18.8. The maximum Gasteiger partial charge on any atom is 0.251 e. The summed E-state index contributed by atoms with van der Waals surface area (Å²) >= 11 is 0. The number of hydrogen-bond acceptors (Lipinski definition) is 21. The highest BCUT2D eigenvalue weighted by Crippen LogP contribution is 2.10. The van der Waals surface area contributed by atoms with Crippen LogP contribution in [0.5, 0.6) is 0 Å². The van der Waals surface area contributed by atoms with Gasteiger partial charge in [0, 0.05) is 91.3 Å². The van der Waals surface area contributed by atoms with E-state index < -0.39 is 0 Å². The molecule has 0 radical (unpaired) electrons. The summed E-state index contributed by atoms with van der Waals surface area (Å²) in [7, 11) is 9.98. The summed E-state index contributed by atoms with van der Waals surface area (Å²) in [5.41, 5.74) is 14.9. The minimum absolute atomic E-state index is 0.00562. The number of unbranched alkanes of at least 4 members (excludes halogenated alkanes) is 6. The van der Waals surface area contributed by atoms with Gasteiger partial charge in [-0.15, -0.1) is 0 Å². The van der Waals surface area contributed by atoms with Crippen molar-refractivity contribution in [2.24, 2.45) is 32.8 Å². The predicted octanol–water partition coefficient (Wildman–Crippen LogP) is 4.36. The van der Waals surface area contributed by atoms with Gasteiger partial charge in [0.05, 0.1) is 56.5 Å². The van der Waals surface area contributed by atoms with Gasteiger partial charge in [-0.05, 0) is 134 Å². The van der Waals surface area contributed by atoms with Gasteiger partial charge in [-0.25, -0.2) is 5.90 Å². The van der Waals surface area contributed by atoms with E-state index in [0.717, 1.165) is 75.2 Å². The number of amides is 4. The molecule has 0 aliphatic heterocycles. The van der Waals surface area contributed by atoms with E-state index >= 15 is 0 Å². The molecular formula is C58H100N10O15. The van der Waals surface area contributed by atoms with Crippen molar-refractivity contribution in [2.45, 2.75) is 128 Å². The molecule has 4 amide bonds. The number of aldehydes is 1. The van der Waals surface area contributed by atoms with Crippen molar-refractivity contribution >= 4 is 47.6 Å². The number of ether oxygens (including phenoxy) is 6. The molecule has 10 N–H and O–H groups in total. The molecule has 0 heterocycles. The molecule has 0 fully saturated rings. The van der Waals surface area contributed by atoms with E-state index in [4.69, 9.17) is 60.3 Å². The van der Waals surface area contributed by atoms with E-state index in [0.29, 0.717) is 134 Å². The third-order valence-electron chi connectivity index (χ3n) is 12.2. The fraction of sp³-hybridized carbons (Fsp3) is 0.655. The Morgan fingerprint density at radius 2 is 0.928 bits per heavy atom. The molecule has 2 unspecified atom stereocenters. The zero-order chi connectivity index (χ0) is 61.6. The Morgan fingerprint density at radius 1 is 0.518 bits per heavy atom. The second-order valence-corrected chi connectivity index (χ2v) is 18.8. The number of carbonyl (C=O) groups excluding carboxylic acids is 5. The van der Waals surface area contributed by atoms with Crippen LogP contribution in [0, 0.1) is 0 Å². The molecule has 4 atom stereocenters. The van der Waals surface area contributed by atoms with Crippen molar-refractivity contribution in [1.82, 2.24) is 21.3 Å². The lowest BCUT2D eigenvalue weighted by Gasteiger charge is -2.14. The van der Waals surface area contributed by atoms with Gasteiger partial charge in [-0.3, -0.25) is 19.2 Å². The SMILES string of the molecule is CN[C@@H](CCCCNC(=O)c1ccc(/C(C)=N/OCCCO/N=C\CCCCOCC(COC)OC)cc1)C(N)=O.CN[C@@H](CCCCNC(=O)c1ccc(/C(C)=N/OCCCON)cc1)C(N)=O.COCC(COCCCCC=O)OC. The third-order valence-corrected chi connectivity index (χ3v) is 12.2. The van der Waals surface area contributed by atoms with Crippen LogP contribution in [0.1, 0.15) is 136 Å². The number of rotatable bonds is 49. The predicted molar refractivity (Wildman–Crippen MR) is 320 cm³/mol. The van der Waals surface area contributed by atoms with Gasteiger partial charge in [0.25, 0.3) is 11.8 Å². The second kappa shape index (κ2) is 54.0. The fourth-order valence-electron chi connectivity index (χ4n) is 7.12. The lowest BCUT2D eigenvalue weighted by Crippen LogP contribution is -2.39. The molecule has 0 spiro atoms. The quantitative estimate of drug-likeness (QED) is 0.0209. The van der Waals surface area contributed by atoms with Crippen LogP contribution in [0.25, 0.3) is 0 Å². The van der Waals surface area contributed by atoms with Gasteiger partial charge in [-0.2, -0.15) is 0 Å². The summed E-state index contributed by atoms with van der Waals surface area (Å²) in [4.78, 5) is 77.1. The van der Waals surface area contributed by atoms with Crippen molar-refractivity contribution in [2.75, 3.05) is 122 Å². The number of methoxy groups -OCH3 is 4. The lowest BCUT2D eigenvalue weighted by molar-refractivity contribution is -0.120. The van der Waals surface area contributed by atoms with Crippen LogP contribution in [0.3, 0.4) is 0 Å². The third kappa shape index (κ3) is 41.6. The molecule has 83 heavy (non-hydrogen) atoms. The zero-order valence-corrected chi connectivity index (χ0v) is 50.7. The van der Waals surface area contributed by atoms with Crippen LogP contribution < -0.4 is 38.6 Å². The number of nitrogens with two attached hydrogens (primary N) is 3. The fourth-order valence-corrected chi connectivity index (χ4v) is 7.12. The number of nitrogens with one attached hydrogen (secondary N) is 4. The topological polar surface area (TPSA) is 341 Å². The molecule has 2 aromatic carbocycles. The van der Waals surface area contributed by atoms with E-state index in [1.165, 1.54) is 0 Å². The smallest absolute Gasteiger partial charge is 0.251 e. The first-order chi connectivity index (χ1) is 40.3. The molecule has 472 valence electrons. The van der Waals surface area contributed by atoms with Gasteiger partial charge < -0.3 is 85.3 Å². The Kier molecular flexibility index (Phi) is 50.1. The molecule has 0 aliphatic rings. The average Bonchev–Trinajstić information content (AvgIpc) is 3.52. The number of likely N-dealkylation sites (N-methyl/N-ethyl adjacent to an activating group) is 2. The van der Waals surface area contributed by atoms with Crippen molar-refractivity contribution in [3.8, 4) is 0 Å². The van der Waals surface area contributed by atoms with Crippen LogP contribution in [-0.4, -0.2) is 194 Å². The number of benzene rings is 2. The normalized spacial score (nSPS) is 12.9. The Hall–Kier alpha value is -6.00. The Morgan fingerprint density at radius 3 is 1.31 bits per heavy atom. The van der Waals surface area contributed by atoms with Crippen molar-refractivity contribution in [3.05, 3.63) is 70.8 Å². The van der Waals surface area contributed by atoms with Crippen LogP contribution in [0.2, 0.25) is 0 Å². The molecule has 2 aromatic rings. The highest BCUT2D eigenvalue weighted by atomic mass is 16.6. The lowest BCUT2D eigenvalue weighted by atomic mass is 10.1. The van der Waals surface area contributed by atoms with Crippen molar-refractivity contribution in [3.63, 3.8) is 0 Å². The molecule has 25 nitrogen and oxygen atoms in total. The van der Waals surface area contributed by atoms with Gasteiger partial charge >= 0.3 is 0 Å². The molecule has 0 bridgehead atoms. The average molecular weight is 1180 g/mol. The molecular weight excluding hydrogens is 1080 g/mol. The van der Waals surface area contributed by atoms with E-state index in [1.807, 2.05) is 38.1 Å². The number of primary amides is 2. The summed E-state index contributed by atoms with van der Waals surface area (Å²) in [6, 6.07) is 13.7. The standard InChI is InChI=1S/C29H49N5O7.C19H31N5O4.C10H20O4/c1-23(24-12-14-25(15-13-24)29(36)32-16-8-6-11-27(31-2)28(30)35)34-41-20-10-19-40-33-17-7-5-9-18-39-22-26(38-4)21-37-3;1-14(24-28-13-5-12-27-21)15-7-9-16(10-8-15)19(26)23-11-4-3-6-17(22-2)18(20)25;1-12-8-10(13-2)9-14-7-5-3-4-6-11/h12-15,17,26-27,31H,5-11,16,18-22H2,1-4H3,(H2,30,35)(H,32,36);7-10,17,22H,3-6,11-13,21H2,1-2H3,(H2,20,25)(H,23,26);6,10H,3-5,7-9H2,1-2H3/b33-17-,34-23+;24-14+;/t26?,27-;17-;/m00./s1. The highest BCUT2D eigenvalue weighted by molar-refractivity contribution is 6.01. The summed E-state index contributed by atoms with van der Waals surface area (Å²) in [6.45, 7) is 9.93. The first-order valence-corrected chi connectivity index (χ1v) is 28.4. The minimum Gasteiger partial charge on any atom is -0.396 e. The Bertz CT molecular complexity index is 2050. The van der Waals surface area contributed by atoms with E-state index in [1.54, 1.807) is 73.0 Å². The van der Waals surface area contributed by atoms with Crippen LogP contribution in [0.15, 0.2) is 64.0 Å². The number of oxime groups is 3. The number of nitrogens with zero attached hydrogens (tertiary/aromatic N) is 3. The molecule has 0 aliphatic carbocycles. The van der Waals surface area contributed by atoms with Crippen LogP contribution in [-0.2, 0) is 62.2 Å². The first kappa shape index (κ1) is 77.0. The van der Waals surface area contributed by atoms with E-state index in [9.17, 15) is 24.0 Å². The van der Waals surface area contributed by atoms with E-state index in [2.05, 4.69) is 41.6 Å². The monoisotopic (exact) mass is 1180 g/mol. The van der Waals surface area contributed by atoms with Crippen molar-refractivity contribution in [1.29, 1.82) is 0 Å². The summed E-state index contributed by atoms with van der Waals surface area (Å²) in [6.07, 6.45) is 13.6. The minimum atomic E-state index is -0.365. The number of hydrogen-bond donors (Lipinski definition) is 7. The largest absolute Gasteiger partial charge is 0.396 e. The molecule has 25 heteroatoms. The van der Waals surface area contributed by atoms with Crippen LogP contribution in [0.4, 0.5) is 0 Å². The first-order valence-electron chi connectivity index (χ1n) is 28.4. The number of carbonyl (C=O) groups is 5. The Labute approximate surface area is 492 Å². The maximum absolute atomic E-state index is 12.4. The summed E-state index contributed by atoms with van der Waals surface area (Å²) in [5.74, 6) is 3.92. The van der Waals surface area contributed by atoms with Gasteiger partial charge in [0.2, 0.25) is 11.8 Å². The summed E-state index contributed by atoms with van der Waals surface area (Å²) < 4.78 is 31.3. The maximum atomic E-state index is 12.4. The molecule has 2 rings (SSSR count). The van der Waals surface area contributed by atoms with E-state index in [-0.39, 0.29) is 47.9 Å². The van der Waals surface area contributed by atoms with Gasteiger partial charge in [-0.1, -0.05) is 39.7 Å². The zero-order valence-electron chi connectivity index (χ0n) is 50.7. The highest BCUT2D eigenvalue weighted by Gasteiger charge is 2.14. The van der Waals surface area contributed by atoms with Crippen LogP contribution >= 0.6 is 0 Å².